The first-order chi connectivity index (χ1) is 10.2. The van der Waals surface area contributed by atoms with Crippen LogP contribution in [0.4, 0.5) is 13.2 Å². The molecule has 2 aliphatic carbocycles. The van der Waals surface area contributed by atoms with Crippen LogP contribution in [0.5, 0.6) is 0 Å². The van der Waals surface area contributed by atoms with E-state index in [1.165, 1.54) is 0 Å². The maximum Gasteiger partial charge on any atom is 0.417 e. The number of alkyl halides is 3. The lowest BCUT2D eigenvalue weighted by Crippen LogP contribution is -2.67. The maximum atomic E-state index is 13.0. The Labute approximate surface area is 134 Å². The number of carbonyl (C=O) groups is 1. The van der Waals surface area contributed by atoms with Crippen molar-refractivity contribution in [1.82, 2.24) is 5.32 Å². The van der Waals surface area contributed by atoms with E-state index < -0.39 is 35.9 Å². The molecule has 2 N–H and O–H groups in total. The van der Waals surface area contributed by atoms with E-state index >= 15 is 0 Å². The van der Waals surface area contributed by atoms with Crippen LogP contribution in [0.25, 0.3) is 0 Å². The highest BCUT2D eigenvalue weighted by atomic mass is 79.9. The van der Waals surface area contributed by atoms with Crippen LogP contribution in [0.3, 0.4) is 0 Å². The molecule has 1 amide bonds. The van der Waals surface area contributed by atoms with Crippen molar-refractivity contribution in [3.05, 3.63) is 34.3 Å². The fraction of sp³-hybridized carbons (Fsp3) is 0.533. The highest BCUT2D eigenvalue weighted by molar-refractivity contribution is 9.10. The molecule has 3 nitrogen and oxygen atoms in total. The Kier molecular flexibility index (Phi) is 3.56. The molecular weight excluding hydrogens is 363 g/mol. The molecule has 0 saturated heterocycles. The second kappa shape index (κ2) is 4.96. The zero-order valence-corrected chi connectivity index (χ0v) is 13.2. The van der Waals surface area contributed by atoms with Crippen LogP contribution in [0.2, 0.25) is 0 Å². The van der Waals surface area contributed by atoms with Crippen LogP contribution in [-0.4, -0.2) is 28.8 Å². The average Bonchev–Trinajstić information content (AvgIpc) is 3.17. The van der Waals surface area contributed by atoms with Gasteiger partial charge in [0.2, 0.25) is 5.91 Å². The lowest BCUT2D eigenvalue weighted by Gasteiger charge is -2.52. The molecule has 2 fully saturated rings. The molecule has 120 valence electrons. The summed E-state index contributed by atoms with van der Waals surface area (Å²) in [6.07, 6.45) is -4.31. The van der Waals surface area contributed by atoms with E-state index in [4.69, 9.17) is 0 Å². The summed E-state index contributed by atoms with van der Waals surface area (Å²) in [6, 6.07) is 6.74. The first-order valence-electron chi connectivity index (χ1n) is 7.02. The van der Waals surface area contributed by atoms with Crippen LogP contribution >= 0.6 is 15.9 Å². The summed E-state index contributed by atoms with van der Waals surface area (Å²) in [5, 5.41) is 12.6. The van der Waals surface area contributed by atoms with E-state index in [0.29, 0.717) is 10.0 Å². The van der Waals surface area contributed by atoms with Gasteiger partial charge in [0.25, 0.3) is 0 Å². The van der Waals surface area contributed by atoms with Crippen LogP contribution in [-0.2, 0) is 10.2 Å². The summed E-state index contributed by atoms with van der Waals surface area (Å²) in [4.78, 5) is 12.5. The molecule has 0 heterocycles. The lowest BCUT2D eigenvalue weighted by atomic mass is 9.55. The molecule has 0 atom stereocenters. The number of benzene rings is 1. The highest BCUT2D eigenvalue weighted by Gasteiger charge is 2.70. The number of rotatable bonds is 3. The van der Waals surface area contributed by atoms with Gasteiger partial charge in [0.1, 0.15) is 0 Å². The summed E-state index contributed by atoms with van der Waals surface area (Å²) in [7, 11) is 0. The van der Waals surface area contributed by atoms with Crippen molar-refractivity contribution in [2.45, 2.75) is 48.9 Å². The highest BCUT2D eigenvalue weighted by Crippen LogP contribution is 2.57. The van der Waals surface area contributed by atoms with Crippen LogP contribution < -0.4 is 5.32 Å². The summed E-state index contributed by atoms with van der Waals surface area (Å²) in [6.45, 7) is 0. The van der Waals surface area contributed by atoms with Crippen molar-refractivity contribution >= 4 is 21.8 Å². The smallest absolute Gasteiger partial charge is 0.380 e. The number of halogens is 4. The van der Waals surface area contributed by atoms with Crippen molar-refractivity contribution in [1.29, 1.82) is 0 Å². The first kappa shape index (κ1) is 15.8. The third-order valence-corrected chi connectivity index (χ3v) is 4.93. The average molecular weight is 378 g/mol. The van der Waals surface area contributed by atoms with E-state index in [1.807, 2.05) is 0 Å². The minimum atomic E-state index is -4.73. The Morgan fingerprint density at radius 3 is 2.45 bits per heavy atom. The normalized spacial score (nSPS) is 31.5. The molecule has 0 unspecified atom stereocenters. The Balaban J connectivity index is 1.93. The van der Waals surface area contributed by atoms with E-state index in [2.05, 4.69) is 21.2 Å². The second-order valence-corrected chi connectivity index (χ2v) is 7.14. The third kappa shape index (κ3) is 2.54. The monoisotopic (exact) mass is 377 g/mol. The van der Waals surface area contributed by atoms with Crippen LogP contribution in [0.15, 0.2) is 28.7 Å². The summed E-state index contributed by atoms with van der Waals surface area (Å²) in [5.74, 6) is -0.429. The third-order valence-electron chi connectivity index (χ3n) is 4.44. The number of aliphatic hydroxyl groups is 1. The summed E-state index contributed by atoms with van der Waals surface area (Å²) in [5.41, 5.74) is -3.62. The van der Waals surface area contributed by atoms with Gasteiger partial charge in [-0.1, -0.05) is 28.1 Å². The molecular formula is C15H15BrF3NO2. The fourth-order valence-electron chi connectivity index (χ4n) is 2.98. The van der Waals surface area contributed by atoms with Crippen LogP contribution in [0, 0.1) is 0 Å². The van der Waals surface area contributed by atoms with Gasteiger partial charge < -0.3 is 10.4 Å². The standard InChI is InChI=1S/C15H15BrF3NO2/c16-10-3-1-2-9(6-10)13(12(21)20-11-4-5-11)7-14(22,8-13)15(17,18)19/h1-3,6,11,22H,4-5,7-8H2,(H,20,21)/t13-,14+. The molecule has 2 aliphatic rings. The topological polar surface area (TPSA) is 49.3 Å². The zero-order valence-electron chi connectivity index (χ0n) is 11.6. The van der Waals surface area contributed by atoms with Gasteiger partial charge in [-0.2, -0.15) is 13.2 Å². The minimum Gasteiger partial charge on any atom is -0.380 e. The SMILES string of the molecule is O=C(NC1CC1)[C@]1(c2cccc(Br)c2)C[C@@](O)(C(F)(F)F)C1. The molecule has 0 radical (unpaired) electrons. The molecule has 7 heteroatoms. The summed E-state index contributed by atoms with van der Waals surface area (Å²) < 4.78 is 39.6. The Morgan fingerprint density at radius 2 is 1.95 bits per heavy atom. The predicted octanol–water partition coefficient (Wildman–Crippen LogP) is 3.05. The number of hydrogen-bond acceptors (Lipinski definition) is 2. The molecule has 2 saturated carbocycles. The molecule has 1 aromatic rings. The van der Waals surface area contributed by atoms with E-state index in [9.17, 15) is 23.1 Å². The molecule has 1 aromatic carbocycles. The minimum absolute atomic E-state index is 0.0520. The summed E-state index contributed by atoms with van der Waals surface area (Å²) >= 11 is 3.27. The quantitative estimate of drug-likeness (QED) is 0.850. The van der Waals surface area contributed by atoms with Crippen molar-refractivity contribution < 1.29 is 23.1 Å². The van der Waals surface area contributed by atoms with E-state index in [1.54, 1.807) is 24.3 Å². The molecule has 0 bridgehead atoms. The van der Waals surface area contributed by atoms with Gasteiger partial charge in [0, 0.05) is 23.4 Å². The number of hydrogen-bond donors (Lipinski definition) is 2. The number of carbonyl (C=O) groups excluding carboxylic acids is 1. The fourth-order valence-corrected chi connectivity index (χ4v) is 3.38. The Bertz CT molecular complexity index is 607. The molecule has 22 heavy (non-hydrogen) atoms. The maximum absolute atomic E-state index is 13.0. The molecule has 0 aliphatic heterocycles. The van der Waals surface area contributed by atoms with Gasteiger partial charge in [0.15, 0.2) is 5.60 Å². The van der Waals surface area contributed by atoms with Gasteiger partial charge in [-0.25, -0.2) is 0 Å². The lowest BCUT2D eigenvalue weighted by molar-refractivity contribution is -0.301. The van der Waals surface area contributed by atoms with Crippen molar-refractivity contribution in [3.8, 4) is 0 Å². The van der Waals surface area contributed by atoms with Gasteiger partial charge in [-0.3, -0.25) is 4.79 Å². The Morgan fingerprint density at radius 1 is 1.32 bits per heavy atom. The van der Waals surface area contributed by atoms with Crippen molar-refractivity contribution in [2.24, 2.45) is 0 Å². The van der Waals surface area contributed by atoms with Crippen molar-refractivity contribution in [3.63, 3.8) is 0 Å². The van der Waals surface area contributed by atoms with Gasteiger partial charge in [0.05, 0.1) is 5.41 Å². The molecule has 3 rings (SSSR count). The molecule has 0 aromatic heterocycles. The van der Waals surface area contributed by atoms with Gasteiger partial charge >= 0.3 is 6.18 Å². The first-order valence-corrected chi connectivity index (χ1v) is 7.82. The van der Waals surface area contributed by atoms with Crippen LogP contribution in [0.1, 0.15) is 31.2 Å². The van der Waals surface area contributed by atoms with Gasteiger partial charge in [-0.15, -0.1) is 0 Å². The van der Waals surface area contributed by atoms with Crippen molar-refractivity contribution in [2.75, 3.05) is 0 Å². The second-order valence-electron chi connectivity index (χ2n) is 6.22. The van der Waals surface area contributed by atoms with E-state index in [0.717, 1.165) is 12.8 Å². The van der Waals surface area contributed by atoms with E-state index in [-0.39, 0.29) is 6.04 Å². The largest absolute Gasteiger partial charge is 0.417 e. The molecule has 0 spiro atoms. The number of nitrogens with one attached hydrogen (secondary N) is 1. The number of amides is 1. The predicted molar refractivity (Wildman–Crippen MR) is 77.2 cm³/mol. The van der Waals surface area contributed by atoms with Gasteiger partial charge in [-0.05, 0) is 30.5 Å². The zero-order chi connectivity index (χ0) is 16.2. The Hall–Kier alpha value is -1.08.